The Morgan fingerprint density at radius 1 is 0.889 bits per heavy atom. The molecule has 1 aliphatic rings. The van der Waals surface area contributed by atoms with Crippen molar-refractivity contribution in [3.8, 4) is 5.75 Å². The molecule has 0 aromatic heterocycles. The molecule has 1 aliphatic heterocycles. The third kappa shape index (κ3) is 6.39. The van der Waals surface area contributed by atoms with Crippen LogP contribution in [0.15, 0.2) is 83.8 Å². The van der Waals surface area contributed by atoms with Gasteiger partial charge in [-0.1, -0.05) is 48.5 Å². The lowest BCUT2D eigenvalue weighted by molar-refractivity contribution is -0.127. The molecule has 3 aromatic rings. The van der Waals surface area contributed by atoms with Gasteiger partial charge < -0.3 is 15.4 Å². The van der Waals surface area contributed by atoms with E-state index in [0.29, 0.717) is 22.7 Å². The van der Waals surface area contributed by atoms with Crippen LogP contribution in [0.25, 0.3) is 6.08 Å². The minimum absolute atomic E-state index is 0.160. The van der Waals surface area contributed by atoms with E-state index < -0.39 is 23.6 Å². The van der Waals surface area contributed by atoms with Crippen LogP contribution in [0.3, 0.4) is 0 Å². The number of nitrogens with one attached hydrogen (secondary N) is 2. The first-order chi connectivity index (χ1) is 17.4. The second kappa shape index (κ2) is 11.4. The van der Waals surface area contributed by atoms with E-state index in [0.717, 1.165) is 22.2 Å². The fraction of sp³-hybridized carbons (Fsp3) is 0.111. The summed E-state index contributed by atoms with van der Waals surface area (Å²) in [4.78, 5) is 51.1. The standard InChI is InChI=1S/C27H23N3O5S/c1-18-8-7-12-21(14-18)29-24(31)16-30-26(33)23(36-27(30)34)15-19-9-5-6-13-22(19)35-17-25(32)28-20-10-3-2-4-11-20/h2-15H,16-17H2,1H3,(H,28,32)(H,29,31)/b23-15+. The number of amides is 4. The molecule has 9 heteroatoms. The summed E-state index contributed by atoms with van der Waals surface area (Å²) in [6, 6.07) is 23.1. The number of rotatable bonds is 8. The molecule has 4 rings (SSSR count). The van der Waals surface area contributed by atoms with E-state index >= 15 is 0 Å². The van der Waals surface area contributed by atoms with Gasteiger partial charge in [-0.25, -0.2) is 0 Å². The van der Waals surface area contributed by atoms with Gasteiger partial charge in [0.25, 0.3) is 17.1 Å². The normalized spacial score (nSPS) is 14.1. The molecular weight excluding hydrogens is 478 g/mol. The number of ether oxygens (including phenoxy) is 1. The number of thioether (sulfide) groups is 1. The summed E-state index contributed by atoms with van der Waals surface area (Å²) in [5, 5.41) is 4.90. The average Bonchev–Trinajstić information content (AvgIpc) is 3.11. The molecule has 4 amide bonds. The summed E-state index contributed by atoms with van der Waals surface area (Å²) >= 11 is 0.746. The third-order valence-electron chi connectivity index (χ3n) is 5.10. The van der Waals surface area contributed by atoms with Gasteiger partial charge in [-0.05, 0) is 60.7 Å². The van der Waals surface area contributed by atoms with Crippen LogP contribution in [0.4, 0.5) is 16.2 Å². The molecule has 36 heavy (non-hydrogen) atoms. The Morgan fingerprint density at radius 2 is 1.58 bits per heavy atom. The lowest BCUT2D eigenvalue weighted by atomic mass is 10.2. The highest BCUT2D eigenvalue weighted by Crippen LogP contribution is 2.34. The summed E-state index contributed by atoms with van der Waals surface area (Å²) in [5.74, 6) is -1.00. The number of anilines is 2. The number of hydrogen-bond acceptors (Lipinski definition) is 6. The summed E-state index contributed by atoms with van der Waals surface area (Å²) in [6.45, 7) is 1.27. The highest BCUT2D eigenvalue weighted by Gasteiger charge is 2.36. The van der Waals surface area contributed by atoms with E-state index in [1.54, 1.807) is 54.6 Å². The lowest BCUT2D eigenvalue weighted by Gasteiger charge is -2.13. The van der Waals surface area contributed by atoms with Gasteiger partial charge in [0.15, 0.2) is 6.61 Å². The Hall–Kier alpha value is -4.37. The van der Waals surface area contributed by atoms with Crippen molar-refractivity contribution in [3.63, 3.8) is 0 Å². The van der Waals surface area contributed by atoms with E-state index in [1.165, 1.54) is 6.08 Å². The summed E-state index contributed by atoms with van der Waals surface area (Å²) in [6.07, 6.45) is 1.52. The zero-order valence-corrected chi connectivity index (χ0v) is 20.2. The van der Waals surface area contributed by atoms with E-state index in [9.17, 15) is 19.2 Å². The number of carbonyl (C=O) groups is 4. The minimum atomic E-state index is -0.569. The van der Waals surface area contributed by atoms with Crippen molar-refractivity contribution in [3.05, 3.63) is 94.9 Å². The molecule has 2 N–H and O–H groups in total. The Kier molecular flexibility index (Phi) is 7.82. The lowest BCUT2D eigenvalue weighted by Crippen LogP contribution is -2.36. The van der Waals surface area contributed by atoms with Gasteiger partial charge >= 0.3 is 0 Å². The van der Waals surface area contributed by atoms with E-state index in [-0.39, 0.29) is 17.4 Å². The van der Waals surface area contributed by atoms with E-state index in [1.807, 2.05) is 31.2 Å². The van der Waals surface area contributed by atoms with Gasteiger partial charge in [-0.3, -0.25) is 24.1 Å². The quantitative estimate of drug-likeness (QED) is 0.434. The fourth-order valence-corrected chi connectivity index (χ4v) is 4.27. The molecule has 0 bridgehead atoms. The topological polar surface area (TPSA) is 105 Å². The first-order valence-corrected chi connectivity index (χ1v) is 11.9. The molecule has 8 nitrogen and oxygen atoms in total. The smallest absolute Gasteiger partial charge is 0.294 e. The zero-order chi connectivity index (χ0) is 25.5. The Bertz CT molecular complexity index is 1340. The monoisotopic (exact) mass is 501 g/mol. The van der Waals surface area contributed by atoms with Gasteiger partial charge in [0.2, 0.25) is 5.91 Å². The van der Waals surface area contributed by atoms with Crippen molar-refractivity contribution in [2.24, 2.45) is 0 Å². The first kappa shape index (κ1) is 24.7. The van der Waals surface area contributed by atoms with E-state index in [2.05, 4.69) is 10.6 Å². The predicted molar refractivity (Wildman–Crippen MR) is 139 cm³/mol. The highest BCUT2D eigenvalue weighted by atomic mass is 32.2. The second-order valence-corrected chi connectivity index (χ2v) is 8.92. The molecule has 1 heterocycles. The minimum Gasteiger partial charge on any atom is -0.483 e. The maximum atomic E-state index is 12.9. The molecule has 0 atom stereocenters. The number of hydrogen-bond donors (Lipinski definition) is 2. The average molecular weight is 502 g/mol. The molecule has 0 unspecified atom stereocenters. The van der Waals surface area contributed by atoms with Crippen LogP contribution in [0.5, 0.6) is 5.75 Å². The number of benzene rings is 3. The first-order valence-electron chi connectivity index (χ1n) is 11.1. The van der Waals surface area contributed by atoms with Crippen LogP contribution in [-0.2, 0) is 14.4 Å². The Balaban J connectivity index is 1.40. The van der Waals surface area contributed by atoms with Crippen LogP contribution < -0.4 is 15.4 Å². The van der Waals surface area contributed by atoms with Crippen molar-refractivity contribution in [1.82, 2.24) is 4.90 Å². The van der Waals surface area contributed by atoms with Gasteiger partial charge in [-0.15, -0.1) is 0 Å². The molecule has 0 radical (unpaired) electrons. The summed E-state index contributed by atoms with van der Waals surface area (Å²) in [5.41, 5.74) is 2.74. The number of para-hydroxylation sites is 2. The molecule has 1 fully saturated rings. The Labute approximate surface area is 212 Å². The van der Waals surface area contributed by atoms with Crippen LogP contribution in [0.2, 0.25) is 0 Å². The van der Waals surface area contributed by atoms with Gasteiger partial charge in [-0.2, -0.15) is 0 Å². The summed E-state index contributed by atoms with van der Waals surface area (Å²) in [7, 11) is 0. The number of imide groups is 1. The van der Waals surface area contributed by atoms with Crippen LogP contribution >= 0.6 is 11.8 Å². The predicted octanol–water partition coefficient (Wildman–Crippen LogP) is 4.69. The number of carbonyl (C=O) groups excluding carboxylic acids is 4. The second-order valence-electron chi connectivity index (χ2n) is 7.93. The van der Waals surface area contributed by atoms with Crippen molar-refractivity contribution in [2.45, 2.75) is 6.92 Å². The van der Waals surface area contributed by atoms with Crippen molar-refractivity contribution in [1.29, 1.82) is 0 Å². The molecular formula is C27H23N3O5S. The highest BCUT2D eigenvalue weighted by molar-refractivity contribution is 8.18. The molecule has 1 saturated heterocycles. The number of nitrogens with zero attached hydrogens (tertiary/aromatic N) is 1. The third-order valence-corrected chi connectivity index (χ3v) is 6.01. The summed E-state index contributed by atoms with van der Waals surface area (Å²) < 4.78 is 5.67. The van der Waals surface area contributed by atoms with Gasteiger partial charge in [0.1, 0.15) is 12.3 Å². The van der Waals surface area contributed by atoms with Gasteiger partial charge in [0.05, 0.1) is 4.91 Å². The van der Waals surface area contributed by atoms with Crippen molar-refractivity contribution < 1.29 is 23.9 Å². The molecule has 182 valence electrons. The van der Waals surface area contributed by atoms with Gasteiger partial charge in [0, 0.05) is 16.9 Å². The number of aryl methyl sites for hydroxylation is 1. The maximum absolute atomic E-state index is 12.9. The maximum Gasteiger partial charge on any atom is 0.294 e. The van der Waals surface area contributed by atoms with Crippen LogP contribution in [0.1, 0.15) is 11.1 Å². The SMILES string of the molecule is Cc1cccc(NC(=O)CN2C(=O)S/C(=C/c3ccccc3OCC(=O)Nc3ccccc3)C2=O)c1. The van der Waals surface area contributed by atoms with Crippen LogP contribution in [0, 0.1) is 6.92 Å². The molecule has 0 saturated carbocycles. The van der Waals surface area contributed by atoms with Crippen molar-refractivity contribution in [2.75, 3.05) is 23.8 Å². The molecule has 3 aromatic carbocycles. The largest absolute Gasteiger partial charge is 0.483 e. The van der Waals surface area contributed by atoms with E-state index in [4.69, 9.17) is 4.74 Å². The van der Waals surface area contributed by atoms with Crippen LogP contribution in [-0.4, -0.2) is 41.0 Å². The fourth-order valence-electron chi connectivity index (χ4n) is 3.44. The van der Waals surface area contributed by atoms with Crippen molar-refractivity contribution >= 4 is 52.2 Å². The zero-order valence-electron chi connectivity index (χ0n) is 19.4. The molecule has 0 spiro atoms. The Morgan fingerprint density at radius 3 is 2.36 bits per heavy atom. The molecule has 0 aliphatic carbocycles.